The second-order valence-electron chi connectivity index (χ2n) is 12.6. The zero-order valence-corrected chi connectivity index (χ0v) is 30.4. The number of aromatic amines is 1. The number of aryl methyl sites for hydroxylation is 2. The van der Waals surface area contributed by atoms with Gasteiger partial charge in [0.2, 0.25) is 5.78 Å². The minimum absolute atomic E-state index is 0. The third kappa shape index (κ3) is 7.54. The second-order valence-corrected chi connectivity index (χ2v) is 12.6. The molecule has 46 heavy (non-hydrogen) atoms. The van der Waals surface area contributed by atoms with Crippen LogP contribution in [-0.2, 0) is 17.6 Å². The summed E-state index contributed by atoms with van der Waals surface area (Å²) in [5.74, 6) is 1.01. The van der Waals surface area contributed by atoms with E-state index in [-0.39, 0.29) is 75.7 Å². The SMILES string of the molecule is CCCc1c(Cc2ccc(-c3ccccc3-c3noc(=O)[nH]3)cc2)c(=O)n(C2CCC(OCC(C)(C)O)CC2)c2nc(C)nn12.[K]. The van der Waals surface area contributed by atoms with Crippen molar-refractivity contribution in [2.24, 2.45) is 0 Å². The van der Waals surface area contributed by atoms with Crippen molar-refractivity contribution in [3.05, 3.63) is 92.1 Å². The maximum absolute atomic E-state index is 14.4. The fourth-order valence-electron chi connectivity index (χ4n) is 6.31. The molecule has 2 N–H and O–H groups in total. The van der Waals surface area contributed by atoms with Crippen LogP contribution in [0.2, 0.25) is 0 Å². The number of aliphatic hydroxyl groups is 1. The van der Waals surface area contributed by atoms with Gasteiger partial charge in [-0.1, -0.05) is 67.0 Å². The molecule has 2 aromatic carbocycles. The van der Waals surface area contributed by atoms with Gasteiger partial charge >= 0.3 is 5.76 Å². The molecule has 3 heterocycles. The summed E-state index contributed by atoms with van der Waals surface area (Å²) in [6.07, 6.45) is 5.30. The Labute approximate surface area is 309 Å². The van der Waals surface area contributed by atoms with Crippen molar-refractivity contribution in [1.29, 1.82) is 0 Å². The Kier molecular flexibility index (Phi) is 11.0. The predicted octanol–water partition coefficient (Wildman–Crippen LogP) is 4.64. The normalized spacial score (nSPS) is 16.9. The minimum Gasteiger partial charge on any atom is -0.388 e. The van der Waals surface area contributed by atoms with E-state index >= 15 is 0 Å². The third-order valence-corrected chi connectivity index (χ3v) is 8.43. The molecule has 5 aromatic rings. The average Bonchev–Trinajstić information content (AvgIpc) is 3.63. The Hall–Kier alpha value is -2.71. The number of nitrogens with zero attached hydrogens (tertiary/aromatic N) is 5. The molecule has 3 aromatic heterocycles. The van der Waals surface area contributed by atoms with E-state index in [0.717, 1.165) is 65.6 Å². The quantitative estimate of drug-likeness (QED) is 0.208. The van der Waals surface area contributed by atoms with Crippen LogP contribution in [0.3, 0.4) is 0 Å². The largest absolute Gasteiger partial charge is 0.439 e. The monoisotopic (exact) mass is 651 g/mol. The molecule has 0 unspecified atom stereocenters. The third-order valence-electron chi connectivity index (χ3n) is 8.43. The Morgan fingerprint density at radius 3 is 2.37 bits per heavy atom. The number of fused-ring (bicyclic) bond motifs is 1. The summed E-state index contributed by atoms with van der Waals surface area (Å²) < 4.78 is 14.5. The molecule has 6 rings (SSSR count). The van der Waals surface area contributed by atoms with E-state index in [0.29, 0.717) is 30.3 Å². The van der Waals surface area contributed by atoms with E-state index in [1.807, 2.05) is 64.5 Å². The molecule has 237 valence electrons. The molecule has 0 atom stereocenters. The van der Waals surface area contributed by atoms with Gasteiger partial charge in [-0.25, -0.2) is 9.31 Å². The number of benzene rings is 2. The first-order valence-corrected chi connectivity index (χ1v) is 15.7. The molecule has 1 saturated carbocycles. The van der Waals surface area contributed by atoms with Gasteiger partial charge in [-0.05, 0) is 69.6 Å². The average molecular weight is 652 g/mol. The van der Waals surface area contributed by atoms with Gasteiger partial charge in [-0.15, -0.1) is 0 Å². The van der Waals surface area contributed by atoms with E-state index in [4.69, 9.17) is 19.3 Å². The molecule has 0 amide bonds. The van der Waals surface area contributed by atoms with Gasteiger partial charge in [0.1, 0.15) is 5.82 Å². The summed E-state index contributed by atoms with van der Waals surface area (Å²) in [4.78, 5) is 33.3. The van der Waals surface area contributed by atoms with Crippen LogP contribution in [0.4, 0.5) is 0 Å². The van der Waals surface area contributed by atoms with Crippen LogP contribution in [0.1, 0.15) is 81.6 Å². The smallest absolute Gasteiger partial charge is 0.388 e. The number of rotatable bonds is 10. The van der Waals surface area contributed by atoms with Gasteiger partial charge < -0.3 is 9.84 Å². The molecule has 12 heteroatoms. The molecule has 1 fully saturated rings. The molecular weight excluding hydrogens is 612 g/mol. The Bertz CT molecular complexity index is 1910. The number of hydrogen-bond donors (Lipinski definition) is 2. The van der Waals surface area contributed by atoms with Gasteiger partial charge in [0, 0.05) is 75.0 Å². The van der Waals surface area contributed by atoms with Crippen LogP contribution >= 0.6 is 0 Å². The fraction of sp³-hybridized carbons (Fsp3) is 0.441. The van der Waals surface area contributed by atoms with Gasteiger partial charge in [0.25, 0.3) is 5.56 Å². The number of hydrogen-bond acceptors (Lipinski definition) is 8. The molecule has 1 radical (unpaired) electrons. The van der Waals surface area contributed by atoms with Crippen molar-refractivity contribution in [3.63, 3.8) is 0 Å². The van der Waals surface area contributed by atoms with Crippen molar-refractivity contribution >= 4 is 57.2 Å². The van der Waals surface area contributed by atoms with Gasteiger partial charge in [-0.3, -0.25) is 18.9 Å². The Morgan fingerprint density at radius 1 is 1.04 bits per heavy atom. The van der Waals surface area contributed by atoms with Crippen molar-refractivity contribution in [2.75, 3.05) is 6.61 Å². The fourth-order valence-corrected chi connectivity index (χ4v) is 6.31. The summed E-state index contributed by atoms with van der Waals surface area (Å²) >= 11 is 0. The minimum atomic E-state index is -0.873. The summed E-state index contributed by atoms with van der Waals surface area (Å²) in [5, 5.41) is 18.7. The number of nitrogens with one attached hydrogen (secondary N) is 1. The summed E-state index contributed by atoms with van der Waals surface area (Å²) in [7, 11) is 0. The standard InChI is InChI=1S/C34H40N6O5.K/c1-5-8-29-28(19-22-11-13-23(14-12-22)26-9-6-7-10-27(26)30-36-33(42)45-38-30)31(41)39(32-35-21(2)37-40(29)32)24-15-17-25(18-16-24)44-20-34(3,4)43;/h6-7,9-14,24-25,43H,5,8,15-20H2,1-4H3,(H,36,38,42);. The molecule has 0 spiro atoms. The van der Waals surface area contributed by atoms with Crippen LogP contribution in [0.25, 0.3) is 28.3 Å². The van der Waals surface area contributed by atoms with Gasteiger partial charge in [0.15, 0.2) is 5.82 Å². The van der Waals surface area contributed by atoms with Crippen molar-refractivity contribution in [2.45, 2.75) is 90.4 Å². The molecule has 0 aliphatic heterocycles. The predicted molar refractivity (Wildman–Crippen MR) is 176 cm³/mol. The van der Waals surface area contributed by atoms with Crippen molar-refractivity contribution in [3.8, 4) is 22.5 Å². The molecule has 1 aliphatic carbocycles. The first kappa shape index (κ1) is 34.6. The van der Waals surface area contributed by atoms with Crippen LogP contribution in [0.5, 0.6) is 0 Å². The van der Waals surface area contributed by atoms with Crippen molar-refractivity contribution in [1.82, 2.24) is 29.3 Å². The topological polar surface area (TPSA) is 141 Å². The van der Waals surface area contributed by atoms with E-state index in [1.165, 1.54) is 0 Å². The second kappa shape index (κ2) is 14.6. The van der Waals surface area contributed by atoms with E-state index < -0.39 is 11.4 Å². The maximum Gasteiger partial charge on any atom is 0.439 e. The first-order chi connectivity index (χ1) is 21.6. The Morgan fingerprint density at radius 2 is 1.74 bits per heavy atom. The van der Waals surface area contributed by atoms with Crippen LogP contribution in [0.15, 0.2) is 62.6 Å². The molecular formula is C34H40KN6O5. The number of ether oxygens (including phenoxy) is 1. The Balaban J connectivity index is 0.00000417. The summed E-state index contributed by atoms with van der Waals surface area (Å²) in [5.41, 5.74) is 4.39. The maximum atomic E-state index is 14.4. The van der Waals surface area contributed by atoms with Gasteiger partial charge in [0.05, 0.1) is 24.0 Å². The van der Waals surface area contributed by atoms with E-state index in [1.54, 1.807) is 13.8 Å². The molecule has 11 nitrogen and oxygen atoms in total. The summed E-state index contributed by atoms with van der Waals surface area (Å²) in [6, 6.07) is 15.8. The number of aromatic nitrogens is 6. The zero-order chi connectivity index (χ0) is 31.7. The van der Waals surface area contributed by atoms with E-state index in [9.17, 15) is 14.7 Å². The van der Waals surface area contributed by atoms with Crippen molar-refractivity contribution < 1.29 is 14.4 Å². The zero-order valence-electron chi connectivity index (χ0n) is 27.2. The van der Waals surface area contributed by atoms with Gasteiger partial charge in [-0.2, -0.15) is 10.1 Å². The van der Waals surface area contributed by atoms with E-state index in [2.05, 4.69) is 17.1 Å². The van der Waals surface area contributed by atoms with Crippen LogP contribution < -0.4 is 11.3 Å². The molecule has 0 bridgehead atoms. The number of H-pyrrole nitrogens is 1. The van der Waals surface area contributed by atoms with Crippen LogP contribution in [0, 0.1) is 6.92 Å². The molecule has 0 saturated heterocycles. The first-order valence-electron chi connectivity index (χ1n) is 15.7. The summed E-state index contributed by atoms with van der Waals surface area (Å²) in [6.45, 7) is 7.75. The van der Waals surface area contributed by atoms with Crippen LogP contribution in [-0.4, -0.2) is 104 Å². The molecule has 1 aliphatic rings.